The highest BCUT2D eigenvalue weighted by Crippen LogP contribution is 2.34. The van der Waals surface area contributed by atoms with Gasteiger partial charge in [0.05, 0.1) is 16.6 Å². The van der Waals surface area contributed by atoms with Crippen molar-refractivity contribution in [3.05, 3.63) is 57.9 Å². The number of hydrogen-bond donors (Lipinski definition) is 1. The number of carbonyl (C=O) groups excluding carboxylic acids is 2. The van der Waals surface area contributed by atoms with E-state index in [0.29, 0.717) is 46.0 Å². The molecule has 2 aromatic heterocycles. The Morgan fingerprint density at radius 3 is 2.69 bits per heavy atom. The van der Waals surface area contributed by atoms with Crippen molar-refractivity contribution >= 4 is 34.5 Å². The van der Waals surface area contributed by atoms with Crippen LogP contribution >= 0.6 is 11.6 Å². The average molecular weight is 413 g/mol. The molecule has 0 bridgehead atoms. The van der Waals surface area contributed by atoms with Crippen molar-refractivity contribution in [1.82, 2.24) is 20.4 Å². The van der Waals surface area contributed by atoms with Gasteiger partial charge in [0.25, 0.3) is 17.5 Å². The van der Waals surface area contributed by atoms with Gasteiger partial charge >= 0.3 is 0 Å². The van der Waals surface area contributed by atoms with Crippen LogP contribution in [-0.2, 0) is 0 Å². The molecule has 0 aliphatic carbocycles. The molecule has 0 radical (unpaired) electrons. The molecule has 29 heavy (non-hydrogen) atoms. The Bertz CT molecular complexity index is 1090. The van der Waals surface area contributed by atoms with Crippen LogP contribution in [-0.4, -0.2) is 47.0 Å². The zero-order valence-corrected chi connectivity index (χ0v) is 17.0. The Hall–Kier alpha value is -2.93. The maximum absolute atomic E-state index is 12.7. The fraction of sp³-hybridized carbons (Fsp3) is 0.333. The minimum Gasteiger partial charge on any atom is -0.355 e. The first-order valence-corrected chi connectivity index (χ1v) is 9.89. The van der Waals surface area contributed by atoms with Crippen LogP contribution in [0.1, 0.15) is 50.9 Å². The molecule has 8 heteroatoms. The maximum Gasteiger partial charge on any atom is 0.259 e. The Labute approximate surface area is 173 Å². The number of hydrogen-bond acceptors (Lipinski definition) is 5. The van der Waals surface area contributed by atoms with Gasteiger partial charge in [0.2, 0.25) is 0 Å². The normalized spacial score (nSPS) is 14.9. The fourth-order valence-corrected chi connectivity index (χ4v) is 4.04. The zero-order valence-electron chi connectivity index (χ0n) is 16.2. The number of rotatable bonds is 3. The summed E-state index contributed by atoms with van der Waals surface area (Å²) in [4.78, 5) is 31.3. The van der Waals surface area contributed by atoms with Gasteiger partial charge in [-0.1, -0.05) is 22.8 Å². The van der Waals surface area contributed by atoms with E-state index in [1.165, 1.54) is 0 Å². The molecule has 1 aromatic carbocycles. The maximum atomic E-state index is 12.7. The van der Waals surface area contributed by atoms with Crippen LogP contribution < -0.4 is 5.32 Å². The highest BCUT2D eigenvalue weighted by Gasteiger charge is 2.30. The Balaban J connectivity index is 1.57. The molecular weight excluding hydrogens is 392 g/mol. The van der Waals surface area contributed by atoms with Gasteiger partial charge in [0.15, 0.2) is 0 Å². The molecule has 1 N–H and O–H groups in total. The third-order valence-corrected chi connectivity index (χ3v) is 5.55. The Morgan fingerprint density at radius 2 is 2.00 bits per heavy atom. The molecule has 4 rings (SSSR count). The summed E-state index contributed by atoms with van der Waals surface area (Å²) >= 11 is 6.01. The van der Waals surface area contributed by atoms with Crippen molar-refractivity contribution in [1.29, 1.82) is 0 Å². The summed E-state index contributed by atoms with van der Waals surface area (Å²) in [6.07, 6.45) is 1.46. The van der Waals surface area contributed by atoms with Crippen molar-refractivity contribution in [2.45, 2.75) is 25.7 Å². The summed E-state index contributed by atoms with van der Waals surface area (Å²) < 4.78 is 5.44. The average Bonchev–Trinajstić information content (AvgIpc) is 3.15. The summed E-state index contributed by atoms with van der Waals surface area (Å²) in [7, 11) is 1.59. The molecular formula is C21H21ClN4O3. The van der Waals surface area contributed by atoms with Gasteiger partial charge in [0.1, 0.15) is 0 Å². The number of amides is 2. The number of nitrogens with zero attached hydrogens (tertiary/aromatic N) is 3. The van der Waals surface area contributed by atoms with E-state index in [9.17, 15) is 9.59 Å². The van der Waals surface area contributed by atoms with Gasteiger partial charge < -0.3 is 14.7 Å². The van der Waals surface area contributed by atoms with E-state index in [1.807, 2.05) is 11.8 Å². The molecule has 7 nitrogen and oxygen atoms in total. The van der Waals surface area contributed by atoms with E-state index in [1.54, 1.807) is 37.4 Å². The quantitative estimate of drug-likeness (QED) is 0.710. The van der Waals surface area contributed by atoms with Crippen molar-refractivity contribution in [3.8, 4) is 0 Å². The number of halogens is 1. The molecule has 0 unspecified atom stereocenters. The molecule has 3 heterocycles. The highest BCUT2D eigenvalue weighted by atomic mass is 35.5. The number of likely N-dealkylation sites (tertiary alicyclic amines) is 1. The van der Waals surface area contributed by atoms with Crippen molar-refractivity contribution in [2.24, 2.45) is 0 Å². The molecule has 0 saturated carbocycles. The van der Waals surface area contributed by atoms with E-state index in [-0.39, 0.29) is 17.7 Å². The molecule has 0 atom stereocenters. The summed E-state index contributed by atoms with van der Waals surface area (Å²) in [6, 6.07) is 8.73. The van der Waals surface area contributed by atoms with Crippen molar-refractivity contribution in [3.63, 3.8) is 0 Å². The number of aryl methyl sites for hydroxylation is 1. The van der Waals surface area contributed by atoms with Crippen molar-refractivity contribution in [2.75, 3.05) is 20.1 Å². The summed E-state index contributed by atoms with van der Waals surface area (Å²) in [6.45, 7) is 3.01. The van der Waals surface area contributed by atoms with E-state index >= 15 is 0 Å². The summed E-state index contributed by atoms with van der Waals surface area (Å²) in [5, 5.41) is 8.11. The van der Waals surface area contributed by atoms with Gasteiger partial charge in [-0.05, 0) is 44.0 Å². The number of piperidine rings is 1. The number of carbonyl (C=O) groups is 2. The first-order chi connectivity index (χ1) is 14.0. The van der Waals surface area contributed by atoms with Gasteiger partial charge in [-0.25, -0.2) is 4.98 Å². The third kappa shape index (κ3) is 3.70. The van der Waals surface area contributed by atoms with Gasteiger partial charge in [-0.15, -0.1) is 0 Å². The minimum atomic E-state index is -0.196. The lowest BCUT2D eigenvalue weighted by atomic mass is 9.90. The summed E-state index contributed by atoms with van der Waals surface area (Å²) in [5.41, 5.74) is 2.91. The molecule has 0 spiro atoms. The van der Waals surface area contributed by atoms with Crippen molar-refractivity contribution < 1.29 is 14.1 Å². The van der Waals surface area contributed by atoms with E-state index in [0.717, 1.165) is 18.5 Å². The molecule has 3 aromatic rings. The molecule has 150 valence electrons. The standard InChI is InChI=1S/C21H21ClN4O3/c1-12-10-16(19(27)23-2)17-18(25-29-20(17)24-12)13-6-8-26(9-7-13)21(28)14-4-3-5-15(22)11-14/h3-5,10-11,13H,6-9H2,1-2H3,(H,23,27). The first kappa shape index (κ1) is 19.4. The Morgan fingerprint density at radius 1 is 1.24 bits per heavy atom. The highest BCUT2D eigenvalue weighted by molar-refractivity contribution is 6.30. The van der Waals surface area contributed by atoms with E-state index in [4.69, 9.17) is 16.1 Å². The molecule has 1 aliphatic rings. The third-order valence-electron chi connectivity index (χ3n) is 5.31. The predicted octanol–water partition coefficient (Wildman–Crippen LogP) is 3.56. The minimum absolute atomic E-state index is 0.0284. The van der Waals surface area contributed by atoms with E-state index in [2.05, 4.69) is 15.5 Å². The molecule has 1 aliphatic heterocycles. The van der Waals surface area contributed by atoms with Crippen LogP contribution in [0.4, 0.5) is 0 Å². The lowest BCUT2D eigenvalue weighted by Gasteiger charge is -2.31. The Kier molecular flexibility index (Phi) is 5.24. The smallest absolute Gasteiger partial charge is 0.259 e. The second-order valence-corrected chi connectivity index (χ2v) is 7.65. The van der Waals surface area contributed by atoms with E-state index < -0.39 is 0 Å². The largest absolute Gasteiger partial charge is 0.355 e. The lowest BCUT2D eigenvalue weighted by molar-refractivity contribution is 0.0711. The predicted molar refractivity (Wildman–Crippen MR) is 109 cm³/mol. The SMILES string of the molecule is CNC(=O)c1cc(C)nc2onc(C3CCN(C(=O)c4cccc(Cl)c4)CC3)c12. The van der Waals surface area contributed by atoms with Gasteiger partial charge in [-0.2, -0.15) is 0 Å². The molecule has 2 amide bonds. The second-order valence-electron chi connectivity index (χ2n) is 7.22. The van der Waals surface area contributed by atoms with Crippen LogP contribution in [0.25, 0.3) is 11.1 Å². The number of benzene rings is 1. The van der Waals surface area contributed by atoms with Crippen LogP contribution in [0, 0.1) is 6.92 Å². The van der Waals surface area contributed by atoms with Gasteiger partial charge in [0, 0.05) is 42.3 Å². The topological polar surface area (TPSA) is 88.3 Å². The zero-order chi connectivity index (χ0) is 20.5. The monoisotopic (exact) mass is 412 g/mol. The summed E-state index contributed by atoms with van der Waals surface area (Å²) in [5.74, 6) is -0.134. The van der Waals surface area contributed by atoms with Crippen LogP contribution in [0.5, 0.6) is 0 Å². The van der Waals surface area contributed by atoms with Crippen LogP contribution in [0.15, 0.2) is 34.9 Å². The number of aromatic nitrogens is 2. The van der Waals surface area contributed by atoms with Crippen LogP contribution in [0.3, 0.4) is 0 Å². The number of fused-ring (bicyclic) bond motifs is 1. The number of pyridine rings is 1. The fourth-order valence-electron chi connectivity index (χ4n) is 3.85. The second kappa shape index (κ2) is 7.83. The molecule has 1 fully saturated rings. The lowest BCUT2D eigenvalue weighted by Crippen LogP contribution is -2.38. The number of nitrogens with one attached hydrogen (secondary N) is 1. The molecule has 1 saturated heterocycles. The van der Waals surface area contributed by atoms with Gasteiger partial charge in [-0.3, -0.25) is 9.59 Å². The first-order valence-electron chi connectivity index (χ1n) is 9.51. The van der Waals surface area contributed by atoms with Crippen LogP contribution in [0.2, 0.25) is 5.02 Å².